The molecule has 0 fully saturated rings. The van der Waals surface area contributed by atoms with Gasteiger partial charge in [0.1, 0.15) is 29.8 Å². The lowest BCUT2D eigenvalue weighted by Gasteiger charge is -2.06. The molecule has 0 unspecified atom stereocenters. The van der Waals surface area contributed by atoms with E-state index >= 15 is 0 Å². The van der Waals surface area contributed by atoms with Crippen LogP contribution < -0.4 is 4.74 Å². The zero-order valence-corrected chi connectivity index (χ0v) is 8.79. The van der Waals surface area contributed by atoms with E-state index in [-0.39, 0.29) is 18.2 Å². The van der Waals surface area contributed by atoms with Crippen molar-refractivity contribution in [2.45, 2.75) is 6.61 Å². The molecule has 0 aromatic heterocycles. The molecule has 2 rings (SSSR count). The van der Waals surface area contributed by atoms with Crippen molar-refractivity contribution >= 4 is 0 Å². The first-order chi connectivity index (χ1) is 8.13. The molecule has 0 aliphatic heterocycles. The second-order valence-electron chi connectivity index (χ2n) is 3.52. The number of hydrogen-bond donors (Lipinski definition) is 0. The second kappa shape index (κ2) is 4.91. The van der Waals surface area contributed by atoms with Gasteiger partial charge in [0.2, 0.25) is 0 Å². The van der Waals surface area contributed by atoms with E-state index in [2.05, 4.69) is 0 Å². The Balaban J connectivity index is 2.04. The summed E-state index contributed by atoms with van der Waals surface area (Å²) in [5.74, 6) is -1.63. The number of hydrogen-bond acceptors (Lipinski definition) is 1. The van der Waals surface area contributed by atoms with E-state index in [1.54, 1.807) is 12.1 Å². The fourth-order valence-corrected chi connectivity index (χ4v) is 1.36. The summed E-state index contributed by atoms with van der Waals surface area (Å²) < 4.78 is 43.5. The highest BCUT2D eigenvalue weighted by Gasteiger charge is 2.02. The van der Waals surface area contributed by atoms with Crippen LogP contribution in [0.5, 0.6) is 5.75 Å². The lowest BCUT2D eigenvalue weighted by Crippen LogP contribution is -1.96. The van der Waals surface area contributed by atoms with Crippen molar-refractivity contribution in [1.29, 1.82) is 0 Å². The van der Waals surface area contributed by atoms with Gasteiger partial charge in [-0.2, -0.15) is 0 Å². The van der Waals surface area contributed by atoms with Gasteiger partial charge in [-0.1, -0.05) is 12.1 Å². The van der Waals surface area contributed by atoms with Crippen LogP contribution in [0.4, 0.5) is 13.2 Å². The molecule has 0 spiro atoms. The maximum absolute atomic E-state index is 12.8. The Labute approximate surface area is 96.5 Å². The summed E-state index contributed by atoms with van der Waals surface area (Å²) in [5.41, 5.74) is 0.719. The van der Waals surface area contributed by atoms with E-state index in [9.17, 15) is 13.2 Å². The number of rotatable bonds is 3. The SMILES string of the molecule is Fc1ccc(COc2cc(F)cc(F)c2)cc1. The van der Waals surface area contributed by atoms with Gasteiger partial charge in [0.15, 0.2) is 0 Å². The first-order valence-corrected chi connectivity index (χ1v) is 4.97. The quantitative estimate of drug-likeness (QED) is 0.792. The molecule has 0 N–H and O–H groups in total. The largest absolute Gasteiger partial charge is 0.489 e. The minimum atomic E-state index is -0.695. The molecule has 17 heavy (non-hydrogen) atoms. The van der Waals surface area contributed by atoms with Crippen LogP contribution in [0.1, 0.15) is 5.56 Å². The van der Waals surface area contributed by atoms with E-state index < -0.39 is 11.6 Å². The maximum Gasteiger partial charge on any atom is 0.129 e. The van der Waals surface area contributed by atoms with Gasteiger partial charge in [0.05, 0.1) is 0 Å². The van der Waals surface area contributed by atoms with Crippen molar-refractivity contribution in [3.05, 3.63) is 65.5 Å². The third-order valence-corrected chi connectivity index (χ3v) is 2.15. The summed E-state index contributed by atoms with van der Waals surface area (Å²) in [5, 5.41) is 0. The highest BCUT2D eigenvalue weighted by atomic mass is 19.1. The summed E-state index contributed by atoms with van der Waals surface area (Å²) in [6.07, 6.45) is 0. The van der Waals surface area contributed by atoms with E-state index in [0.29, 0.717) is 0 Å². The zero-order valence-electron chi connectivity index (χ0n) is 8.79. The molecule has 0 aliphatic carbocycles. The van der Waals surface area contributed by atoms with E-state index in [1.165, 1.54) is 12.1 Å². The monoisotopic (exact) mass is 238 g/mol. The molecule has 0 heterocycles. The Kier molecular flexibility index (Phi) is 3.32. The Bertz CT molecular complexity index is 488. The molecule has 0 saturated carbocycles. The van der Waals surface area contributed by atoms with Gasteiger partial charge < -0.3 is 4.74 Å². The molecule has 0 atom stereocenters. The predicted molar refractivity (Wildman–Crippen MR) is 57.1 cm³/mol. The number of benzene rings is 2. The molecule has 4 heteroatoms. The Morgan fingerprint density at radius 2 is 1.35 bits per heavy atom. The van der Waals surface area contributed by atoms with Crippen molar-refractivity contribution in [2.75, 3.05) is 0 Å². The summed E-state index contributed by atoms with van der Waals surface area (Å²) in [4.78, 5) is 0. The third kappa shape index (κ3) is 3.24. The van der Waals surface area contributed by atoms with Crippen LogP contribution in [0.2, 0.25) is 0 Å². The van der Waals surface area contributed by atoms with Crippen LogP contribution in [0, 0.1) is 17.5 Å². The first kappa shape index (κ1) is 11.5. The Morgan fingerprint density at radius 3 is 1.94 bits per heavy atom. The van der Waals surface area contributed by atoms with Gasteiger partial charge >= 0.3 is 0 Å². The number of halogens is 3. The normalized spacial score (nSPS) is 10.3. The van der Waals surface area contributed by atoms with Gasteiger partial charge in [-0.25, -0.2) is 13.2 Å². The molecule has 2 aromatic carbocycles. The van der Waals surface area contributed by atoms with Crippen LogP contribution in [0.3, 0.4) is 0 Å². The van der Waals surface area contributed by atoms with Gasteiger partial charge in [0, 0.05) is 18.2 Å². The molecule has 0 radical (unpaired) electrons. The van der Waals surface area contributed by atoms with E-state index in [0.717, 1.165) is 23.8 Å². The van der Waals surface area contributed by atoms with E-state index in [1.807, 2.05) is 0 Å². The highest BCUT2D eigenvalue weighted by molar-refractivity contribution is 5.24. The van der Waals surface area contributed by atoms with Crippen LogP contribution in [0.15, 0.2) is 42.5 Å². The lowest BCUT2D eigenvalue weighted by molar-refractivity contribution is 0.302. The topological polar surface area (TPSA) is 9.23 Å². The van der Waals surface area contributed by atoms with Gasteiger partial charge in [-0.15, -0.1) is 0 Å². The van der Waals surface area contributed by atoms with Crippen LogP contribution >= 0.6 is 0 Å². The van der Waals surface area contributed by atoms with Crippen LogP contribution in [-0.2, 0) is 6.61 Å². The van der Waals surface area contributed by atoms with Crippen LogP contribution in [-0.4, -0.2) is 0 Å². The molecule has 0 aliphatic rings. The average molecular weight is 238 g/mol. The molecule has 0 bridgehead atoms. The molecule has 2 aromatic rings. The highest BCUT2D eigenvalue weighted by Crippen LogP contribution is 2.17. The first-order valence-electron chi connectivity index (χ1n) is 4.97. The van der Waals surface area contributed by atoms with E-state index in [4.69, 9.17) is 4.74 Å². The minimum Gasteiger partial charge on any atom is -0.489 e. The average Bonchev–Trinajstić information content (AvgIpc) is 2.27. The fourth-order valence-electron chi connectivity index (χ4n) is 1.36. The van der Waals surface area contributed by atoms with Crippen molar-refractivity contribution in [2.24, 2.45) is 0 Å². The number of ether oxygens (including phenoxy) is 1. The zero-order chi connectivity index (χ0) is 12.3. The molecule has 0 amide bonds. The van der Waals surface area contributed by atoms with Gasteiger partial charge in [0.25, 0.3) is 0 Å². The lowest BCUT2D eigenvalue weighted by atomic mass is 10.2. The van der Waals surface area contributed by atoms with Crippen molar-refractivity contribution < 1.29 is 17.9 Å². The Hall–Kier alpha value is -1.97. The van der Waals surface area contributed by atoms with Gasteiger partial charge in [-0.05, 0) is 17.7 Å². The summed E-state index contributed by atoms with van der Waals surface area (Å²) in [7, 11) is 0. The van der Waals surface area contributed by atoms with Crippen molar-refractivity contribution in [1.82, 2.24) is 0 Å². The smallest absolute Gasteiger partial charge is 0.129 e. The summed E-state index contributed by atoms with van der Waals surface area (Å²) in [6, 6.07) is 8.63. The Morgan fingerprint density at radius 1 is 0.765 bits per heavy atom. The molecule has 1 nitrogen and oxygen atoms in total. The second-order valence-corrected chi connectivity index (χ2v) is 3.52. The van der Waals surface area contributed by atoms with Crippen LogP contribution in [0.25, 0.3) is 0 Å². The van der Waals surface area contributed by atoms with Crippen molar-refractivity contribution in [3.8, 4) is 5.75 Å². The van der Waals surface area contributed by atoms with Gasteiger partial charge in [-0.3, -0.25) is 0 Å². The maximum atomic E-state index is 12.8. The standard InChI is InChI=1S/C13H9F3O/c14-10-3-1-9(2-4-10)8-17-13-6-11(15)5-12(16)7-13/h1-7H,8H2. The summed E-state index contributed by atoms with van der Waals surface area (Å²) >= 11 is 0. The molecular weight excluding hydrogens is 229 g/mol. The molecule has 88 valence electrons. The minimum absolute atomic E-state index is 0.104. The third-order valence-electron chi connectivity index (χ3n) is 2.15. The molecular formula is C13H9F3O. The fraction of sp³-hybridized carbons (Fsp3) is 0.0769. The summed E-state index contributed by atoms with van der Waals surface area (Å²) in [6.45, 7) is 0.128. The predicted octanol–water partition coefficient (Wildman–Crippen LogP) is 3.68. The van der Waals surface area contributed by atoms with Crippen molar-refractivity contribution in [3.63, 3.8) is 0 Å². The molecule has 0 saturated heterocycles.